The molecule has 8 nitrogen and oxygen atoms in total. The summed E-state index contributed by atoms with van der Waals surface area (Å²) >= 11 is 2.51. The number of fused-ring (bicyclic) bond motifs is 2. The summed E-state index contributed by atoms with van der Waals surface area (Å²) < 4.78 is 51.9. The van der Waals surface area contributed by atoms with Gasteiger partial charge in [-0.3, -0.25) is 0 Å². The van der Waals surface area contributed by atoms with Gasteiger partial charge in [-0.25, -0.2) is 4.79 Å². The maximum Gasteiger partial charge on any atom is 0.338 e. The largest absolute Gasteiger partial charge is 0.455 e. The van der Waals surface area contributed by atoms with E-state index in [0.717, 1.165) is 68.6 Å². The number of ether oxygens (including phenoxy) is 4. The van der Waals surface area contributed by atoms with E-state index in [1.54, 1.807) is 0 Å². The van der Waals surface area contributed by atoms with Gasteiger partial charge in [-0.05, 0) is 149 Å². The van der Waals surface area contributed by atoms with E-state index < -0.39 is 31.1 Å². The number of carbonyl (C=O) groups is 1. The van der Waals surface area contributed by atoms with E-state index in [1.165, 1.54) is 5.57 Å². The predicted octanol–water partition coefficient (Wildman–Crippen LogP) is 15.8. The molecule has 4 aliphatic rings. The Hall–Kier alpha value is -0.689. The van der Waals surface area contributed by atoms with Crippen LogP contribution in [0.15, 0.2) is 54.6 Å². The van der Waals surface area contributed by atoms with Gasteiger partial charge in [-0.1, -0.05) is 142 Å². The van der Waals surface area contributed by atoms with E-state index in [4.69, 9.17) is 32.2 Å². The fourth-order valence-corrected chi connectivity index (χ4v) is 15.1. The normalized spacial score (nSPS) is 30.9. The van der Waals surface area contributed by atoms with Crippen LogP contribution in [0.1, 0.15) is 164 Å². The van der Waals surface area contributed by atoms with Crippen LogP contribution < -0.4 is 0 Å². The molecule has 0 aromatic heterocycles. The van der Waals surface area contributed by atoms with Gasteiger partial charge < -0.3 is 32.2 Å². The lowest BCUT2D eigenvalue weighted by Crippen LogP contribution is -2.65. The molecule has 1 aromatic carbocycles. The highest BCUT2D eigenvalue weighted by Gasteiger charge is 2.57. The van der Waals surface area contributed by atoms with Crippen molar-refractivity contribution in [2.45, 2.75) is 269 Å². The minimum Gasteiger partial charge on any atom is -0.455 e. The lowest BCUT2D eigenvalue weighted by Gasteiger charge is -2.56. The average Bonchev–Trinajstić information content (AvgIpc) is 3.62. The third-order valence-corrected chi connectivity index (χ3v) is 32.7. The Bertz CT molecular complexity index is 1850. The molecule has 1 unspecified atom stereocenters. The standard InChI is InChI=1S/C57H99IO8Si3/c1-20-24-43-28-27-42-36-47(51(65-68(16,17)55(8,9)10)52(50(42)61-43)66-69(18,19)56(11,12)13)48(64-67(14,15)54(5,6)7)33-31-44(62-53(59)41-25-22-21-23-26-41)29-30-46-37-57(38-58)49(60-46)34-32-45(63-57)35-40(4)39(2)3/h21-23,25-26,31,33,40,42-52H,2,20,24,27-30,32,34-38H2,1,3-19H3/b33-31+/t40-,42-,43+,44?,45-,46+,47+,48+,49+,50+,51-,52+,57-/m1/s1. The Labute approximate surface area is 438 Å². The van der Waals surface area contributed by atoms with Gasteiger partial charge in [0.2, 0.25) is 0 Å². The van der Waals surface area contributed by atoms with Crippen molar-refractivity contribution in [3.63, 3.8) is 0 Å². The van der Waals surface area contributed by atoms with Crippen LogP contribution in [0.4, 0.5) is 0 Å². The molecule has 3 aliphatic heterocycles. The Morgan fingerprint density at radius 2 is 1.41 bits per heavy atom. The Balaban J connectivity index is 1.57. The third-order valence-electron chi connectivity index (χ3n) is 18.0. The number of hydrogen-bond donors (Lipinski definition) is 0. The van der Waals surface area contributed by atoms with Crippen molar-refractivity contribution < 1.29 is 37.0 Å². The number of hydrogen-bond acceptors (Lipinski definition) is 8. The van der Waals surface area contributed by atoms with Crippen molar-refractivity contribution in [3.8, 4) is 0 Å². The van der Waals surface area contributed by atoms with Crippen LogP contribution in [0.25, 0.3) is 0 Å². The average molecular weight is 1120 g/mol. The first-order chi connectivity index (χ1) is 31.8. The molecule has 0 spiro atoms. The summed E-state index contributed by atoms with van der Waals surface area (Å²) in [6, 6.07) is 9.40. The Morgan fingerprint density at radius 1 is 0.812 bits per heavy atom. The lowest BCUT2D eigenvalue weighted by molar-refractivity contribution is -0.196. The minimum absolute atomic E-state index is 0.00131. The van der Waals surface area contributed by atoms with E-state index in [-0.39, 0.29) is 81.4 Å². The smallest absolute Gasteiger partial charge is 0.338 e. The summed E-state index contributed by atoms with van der Waals surface area (Å²) in [7, 11) is -7.12. The fraction of sp³-hybridized carbons (Fsp3) is 0.807. The Morgan fingerprint density at radius 3 is 1.97 bits per heavy atom. The summed E-state index contributed by atoms with van der Waals surface area (Å²) in [4.78, 5) is 14.0. The molecule has 4 fully saturated rings. The number of benzene rings is 1. The molecular formula is C57H99IO8Si3. The summed E-state index contributed by atoms with van der Waals surface area (Å²) in [5.74, 6) is 0.390. The van der Waals surface area contributed by atoms with Gasteiger partial charge in [0.15, 0.2) is 25.0 Å². The van der Waals surface area contributed by atoms with E-state index >= 15 is 0 Å². The maximum atomic E-state index is 14.0. The zero-order valence-electron chi connectivity index (χ0n) is 46.8. The highest BCUT2D eigenvalue weighted by atomic mass is 127. The molecule has 69 heavy (non-hydrogen) atoms. The van der Waals surface area contributed by atoms with Crippen LogP contribution in [0.5, 0.6) is 0 Å². The number of rotatable bonds is 20. The van der Waals surface area contributed by atoms with Gasteiger partial charge in [0.1, 0.15) is 11.7 Å². The van der Waals surface area contributed by atoms with Gasteiger partial charge in [-0.15, -0.1) is 0 Å². The van der Waals surface area contributed by atoms with Crippen molar-refractivity contribution in [2.24, 2.45) is 17.8 Å². The first-order valence-electron chi connectivity index (χ1n) is 27.0. The van der Waals surface area contributed by atoms with Crippen molar-refractivity contribution in [2.75, 3.05) is 4.43 Å². The molecule has 0 bridgehead atoms. The van der Waals surface area contributed by atoms with Gasteiger partial charge in [0.05, 0.1) is 54.4 Å². The zero-order valence-corrected chi connectivity index (χ0v) is 52.0. The zero-order chi connectivity index (χ0) is 51.5. The van der Waals surface area contributed by atoms with E-state index in [9.17, 15) is 4.79 Å². The van der Waals surface area contributed by atoms with E-state index in [0.29, 0.717) is 23.8 Å². The molecule has 13 atom stereocenters. The summed E-state index contributed by atoms with van der Waals surface area (Å²) in [5, 5.41) is -0.0743. The molecule has 0 N–H and O–H groups in total. The first-order valence-corrected chi connectivity index (χ1v) is 37.3. The maximum absolute atomic E-state index is 14.0. The van der Waals surface area contributed by atoms with Gasteiger partial charge >= 0.3 is 5.97 Å². The number of allylic oxidation sites excluding steroid dienone is 1. The third kappa shape index (κ3) is 14.8. The van der Waals surface area contributed by atoms with Crippen LogP contribution in [0, 0.1) is 17.8 Å². The second kappa shape index (κ2) is 23.5. The first kappa shape index (κ1) is 59.2. The van der Waals surface area contributed by atoms with Crippen molar-refractivity contribution in [3.05, 3.63) is 60.2 Å². The highest BCUT2D eigenvalue weighted by Crippen LogP contribution is 2.51. The molecule has 1 saturated carbocycles. The lowest BCUT2D eigenvalue weighted by atomic mass is 9.70. The van der Waals surface area contributed by atoms with Crippen molar-refractivity contribution >= 4 is 53.5 Å². The molecule has 3 heterocycles. The Kier molecular flexibility index (Phi) is 20.1. The second-order valence-corrected chi connectivity index (χ2v) is 41.5. The molecule has 394 valence electrons. The van der Waals surface area contributed by atoms with Crippen molar-refractivity contribution in [1.29, 1.82) is 0 Å². The molecule has 1 aliphatic carbocycles. The van der Waals surface area contributed by atoms with Gasteiger partial charge in [-0.2, -0.15) is 0 Å². The second-order valence-electron chi connectivity index (χ2n) is 26.5. The molecule has 12 heteroatoms. The van der Waals surface area contributed by atoms with Crippen LogP contribution in [0.3, 0.4) is 0 Å². The molecule has 0 radical (unpaired) electrons. The summed E-state index contributed by atoms with van der Waals surface area (Å²) in [6.07, 6.45) is 14.0. The monoisotopic (exact) mass is 1120 g/mol. The van der Waals surface area contributed by atoms with E-state index in [1.807, 2.05) is 30.3 Å². The van der Waals surface area contributed by atoms with E-state index in [2.05, 4.69) is 164 Å². The summed E-state index contributed by atoms with van der Waals surface area (Å²) in [5.41, 5.74) is 1.45. The van der Waals surface area contributed by atoms with Crippen LogP contribution in [-0.4, -0.2) is 95.9 Å². The predicted molar refractivity (Wildman–Crippen MR) is 302 cm³/mol. The molecular weight excluding hydrogens is 1020 g/mol. The minimum atomic E-state index is -2.40. The fourth-order valence-electron chi connectivity index (χ4n) is 10.2. The van der Waals surface area contributed by atoms with Gasteiger partial charge in [0, 0.05) is 16.8 Å². The molecule has 5 rings (SSSR count). The highest BCUT2D eigenvalue weighted by molar-refractivity contribution is 14.1. The number of carbonyl (C=O) groups excluding carboxylic acids is 1. The molecule has 3 saturated heterocycles. The number of alkyl halides is 1. The van der Waals surface area contributed by atoms with Crippen molar-refractivity contribution in [1.82, 2.24) is 0 Å². The van der Waals surface area contributed by atoms with Crippen LogP contribution in [0.2, 0.25) is 54.4 Å². The SMILES string of the molecule is C=C(C)[C@H](C)C[C@H]1CC[C@@H]2O[C@@H](CCC(/C=C/[C@H](O[Si](C)(C)C(C)(C)C)[C@@H]3C[C@H]4CC[C@H](CCC)O[C@@H]4[C@H](O[Si](C)(C)C(C)(C)C)[C@@H]3O[Si](C)(C)C(C)(C)C)OC(=O)c3ccccc3)C[C@]2(CI)O1. The van der Waals surface area contributed by atoms with Crippen LogP contribution >= 0.6 is 22.6 Å². The quantitative estimate of drug-likeness (QED) is 0.0420. The topological polar surface area (TPSA) is 81.7 Å². The molecule has 1 aromatic rings. The summed E-state index contributed by atoms with van der Waals surface area (Å²) in [6.45, 7) is 46.2. The number of esters is 1. The van der Waals surface area contributed by atoms with Gasteiger partial charge in [0.25, 0.3) is 0 Å². The molecule has 0 amide bonds. The number of halogens is 1. The van der Waals surface area contributed by atoms with Crippen LogP contribution in [-0.2, 0) is 32.2 Å².